The van der Waals surface area contributed by atoms with E-state index in [1.807, 2.05) is 33.1 Å². The van der Waals surface area contributed by atoms with Gasteiger partial charge in [0.15, 0.2) is 0 Å². The standard InChI is InChI=1S/C18H22BrNO3S2/c1-12(2)20(17-9-6-14(23-4)10-13(17)3)25(21,22)15-7-8-16(19)18(11-15)24-5/h6-12H,1-5H3. The van der Waals surface area contributed by atoms with Crippen molar-refractivity contribution in [1.29, 1.82) is 0 Å². The number of anilines is 1. The molecule has 0 heterocycles. The van der Waals surface area contributed by atoms with Gasteiger partial charge in [-0.05, 0) is 84.9 Å². The van der Waals surface area contributed by atoms with Gasteiger partial charge in [-0.3, -0.25) is 4.31 Å². The molecule has 0 aliphatic carbocycles. The Kier molecular flexibility index (Phi) is 6.45. The molecule has 0 amide bonds. The maximum Gasteiger partial charge on any atom is 0.264 e. The summed E-state index contributed by atoms with van der Waals surface area (Å²) in [6.45, 7) is 5.63. The third-order valence-electron chi connectivity index (χ3n) is 3.79. The first-order valence-electron chi connectivity index (χ1n) is 7.75. The fraction of sp³-hybridized carbons (Fsp3) is 0.333. The molecule has 0 N–H and O–H groups in total. The van der Waals surface area contributed by atoms with Crippen molar-refractivity contribution in [3.63, 3.8) is 0 Å². The summed E-state index contributed by atoms with van der Waals surface area (Å²) in [6, 6.07) is 10.3. The third kappa shape index (κ3) is 4.15. The fourth-order valence-electron chi connectivity index (χ4n) is 2.60. The van der Waals surface area contributed by atoms with Crippen molar-refractivity contribution in [2.45, 2.75) is 36.6 Å². The van der Waals surface area contributed by atoms with E-state index in [-0.39, 0.29) is 10.9 Å². The van der Waals surface area contributed by atoms with Gasteiger partial charge in [0, 0.05) is 15.4 Å². The molecule has 0 aromatic heterocycles. The second kappa shape index (κ2) is 8.01. The molecule has 4 nitrogen and oxygen atoms in total. The van der Waals surface area contributed by atoms with Gasteiger partial charge in [-0.25, -0.2) is 8.42 Å². The molecule has 0 radical (unpaired) electrons. The van der Waals surface area contributed by atoms with Crippen LogP contribution in [0.4, 0.5) is 5.69 Å². The van der Waals surface area contributed by atoms with E-state index >= 15 is 0 Å². The van der Waals surface area contributed by atoms with Crippen LogP contribution in [0.3, 0.4) is 0 Å². The van der Waals surface area contributed by atoms with Crippen molar-refractivity contribution in [1.82, 2.24) is 0 Å². The second-order valence-electron chi connectivity index (χ2n) is 5.84. The van der Waals surface area contributed by atoms with Crippen LogP contribution in [0.1, 0.15) is 19.4 Å². The summed E-state index contributed by atoms with van der Waals surface area (Å²) >= 11 is 4.96. The zero-order chi connectivity index (χ0) is 18.8. The highest BCUT2D eigenvalue weighted by molar-refractivity contribution is 9.10. The van der Waals surface area contributed by atoms with Crippen molar-refractivity contribution >= 4 is 43.4 Å². The largest absolute Gasteiger partial charge is 0.497 e. The lowest BCUT2D eigenvalue weighted by atomic mass is 10.2. The Bertz CT molecular complexity index is 867. The highest BCUT2D eigenvalue weighted by Gasteiger charge is 2.29. The number of benzene rings is 2. The van der Waals surface area contributed by atoms with Gasteiger partial charge >= 0.3 is 0 Å². The number of ether oxygens (including phenoxy) is 1. The Labute approximate surface area is 162 Å². The Morgan fingerprint density at radius 2 is 1.84 bits per heavy atom. The molecule has 2 aromatic rings. The van der Waals surface area contributed by atoms with E-state index in [1.54, 1.807) is 37.4 Å². The molecule has 2 aromatic carbocycles. The lowest BCUT2D eigenvalue weighted by Crippen LogP contribution is -2.37. The zero-order valence-electron chi connectivity index (χ0n) is 14.9. The lowest BCUT2D eigenvalue weighted by molar-refractivity contribution is 0.414. The van der Waals surface area contributed by atoms with Crippen LogP contribution in [0.2, 0.25) is 0 Å². The first kappa shape index (κ1) is 20.1. The van der Waals surface area contributed by atoms with Crippen molar-refractivity contribution in [2.24, 2.45) is 0 Å². The Hall–Kier alpha value is -1.18. The molecule has 2 rings (SSSR count). The third-order valence-corrected chi connectivity index (χ3v) is 7.51. The summed E-state index contributed by atoms with van der Waals surface area (Å²) in [7, 11) is -2.09. The van der Waals surface area contributed by atoms with Crippen molar-refractivity contribution in [3.8, 4) is 5.75 Å². The number of halogens is 1. The molecule has 0 spiro atoms. The van der Waals surface area contributed by atoms with Gasteiger partial charge in [-0.15, -0.1) is 11.8 Å². The molecule has 0 aliphatic heterocycles. The van der Waals surface area contributed by atoms with Crippen LogP contribution < -0.4 is 9.04 Å². The molecule has 0 unspecified atom stereocenters. The average Bonchev–Trinajstić information content (AvgIpc) is 2.56. The van der Waals surface area contributed by atoms with Gasteiger partial charge < -0.3 is 4.74 Å². The number of nitrogens with zero attached hydrogens (tertiary/aromatic N) is 1. The van der Waals surface area contributed by atoms with Gasteiger partial charge in [-0.2, -0.15) is 0 Å². The molecule has 7 heteroatoms. The number of hydrogen-bond acceptors (Lipinski definition) is 4. The SMILES string of the molecule is COc1ccc(N(C(C)C)S(=O)(=O)c2ccc(Br)c(SC)c2)c(C)c1. The number of methoxy groups -OCH3 is 1. The zero-order valence-corrected chi connectivity index (χ0v) is 18.1. The summed E-state index contributed by atoms with van der Waals surface area (Å²) < 4.78 is 34.2. The van der Waals surface area contributed by atoms with Crippen LogP contribution in [0.25, 0.3) is 0 Å². The molecule has 136 valence electrons. The van der Waals surface area contributed by atoms with Crippen LogP contribution >= 0.6 is 27.7 Å². The van der Waals surface area contributed by atoms with Gasteiger partial charge in [0.05, 0.1) is 17.7 Å². The predicted octanol–water partition coefficient (Wildman–Crippen LogP) is 5.09. The first-order valence-corrected chi connectivity index (χ1v) is 11.2. The van der Waals surface area contributed by atoms with E-state index < -0.39 is 10.0 Å². The number of aryl methyl sites for hydroxylation is 1. The van der Waals surface area contributed by atoms with E-state index in [4.69, 9.17) is 4.74 Å². The molecular weight excluding hydrogens is 422 g/mol. The van der Waals surface area contributed by atoms with Gasteiger partial charge in [0.1, 0.15) is 5.75 Å². The molecule has 0 atom stereocenters. The maximum absolute atomic E-state index is 13.3. The van der Waals surface area contributed by atoms with Gasteiger partial charge in [0.2, 0.25) is 0 Å². The summed E-state index contributed by atoms with van der Waals surface area (Å²) in [5.41, 5.74) is 1.50. The quantitative estimate of drug-likeness (QED) is 0.583. The van der Waals surface area contributed by atoms with Crippen molar-refractivity contribution < 1.29 is 13.2 Å². The highest BCUT2D eigenvalue weighted by Crippen LogP contribution is 2.34. The van der Waals surface area contributed by atoms with E-state index in [9.17, 15) is 8.42 Å². The maximum atomic E-state index is 13.3. The van der Waals surface area contributed by atoms with Crippen molar-refractivity contribution in [3.05, 3.63) is 46.4 Å². The molecular formula is C18H22BrNO3S2. The second-order valence-corrected chi connectivity index (χ2v) is 9.36. The fourth-order valence-corrected chi connectivity index (χ4v) is 5.67. The van der Waals surface area contributed by atoms with Crippen LogP contribution in [0.15, 0.2) is 50.7 Å². The average molecular weight is 444 g/mol. The topological polar surface area (TPSA) is 46.6 Å². The molecule has 0 saturated heterocycles. The van der Waals surface area contributed by atoms with Crippen LogP contribution in [-0.4, -0.2) is 27.8 Å². The lowest BCUT2D eigenvalue weighted by Gasteiger charge is -2.30. The molecule has 0 aliphatic rings. The van der Waals surface area contributed by atoms with E-state index in [0.29, 0.717) is 11.4 Å². The Balaban J connectivity index is 2.60. The summed E-state index contributed by atoms with van der Waals surface area (Å²) in [4.78, 5) is 1.17. The number of rotatable bonds is 6. The summed E-state index contributed by atoms with van der Waals surface area (Å²) in [5, 5.41) is 0. The summed E-state index contributed by atoms with van der Waals surface area (Å²) in [6.07, 6.45) is 1.92. The number of sulfonamides is 1. The first-order chi connectivity index (χ1) is 11.7. The molecule has 25 heavy (non-hydrogen) atoms. The molecule has 0 saturated carbocycles. The highest BCUT2D eigenvalue weighted by atomic mass is 79.9. The van der Waals surface area contributed by atoms with E-state index in [2.05, 4.69) is 15.9 Å². The molecule has 0 fully saturated rings. The minimum absolute atomic E-state index is 0.224. The Morgan fingerprint density at radius 1 is 1.16 bits per heavy atom. The van der Waals surface area contributed by atoms with Crippen LogP contribution in [-0.2, 0) is 10.0 Å². The smallest absolute Gasteiger partial charge is 0.264 e. The monoisotopic (exact) mass is 443 g/mol. The van der Waals surface area contributed by atoms with Crippen LogP contribution in [0, 0.1) is 6.92 Å². The van der Waals surface area contributed by atoms with Crippen molar-refractivity contribution in [2.75, 3.05) is 17.7 Å². The predicted molar refractivity (Wildman–Crippen MR) is 108 cm³/mol. The number of hydrogen-bond donors (Lipinski definition) is 0. The normalized spacial score (nSPS) is 11.6. The van der Waals surface area contributed by atoms with Gasteiger partial charge in [-0.1, -0.05) is 0 Å². The molecule has 0 bridgehead atoms. The van der Waals surface area contributed by atoms with E-state index in [0.717, 1.165) is 14.9 Å². The summed E-state index contributed by atoms with van der Waals surface area (Å²) in [5.74, 6) is 0.704. The minimum atomic E-state index is -3.69. The van der Waals surface area contributed by atoms with Gasteiger partial charge in [0.25, 0.3) is 10.0 Å². The van der Waals surface area contributed by atoms with E-state index in [1.165, 1.54) is 16.1 Å². The number of thioether (sulfide) groups is 1. The minimum Gasteiger partial charge on any atom is -0.497 e. The van der Waals surface area contributed by atoms with Crippen LogP contribution in [0.5, 0.6) is 5.75 Å². The Morgan fingerprint density at radius 3 is 2.36 bits per heavy atom.